The maximum Gasteiger partial charge on any atom is 0.253 e. The molecule has 18 heavy (non-hydrogen) atoms. The van der Waals surface area contributed by atoms with Gasteiger partial charge in [-0.05, 0) is 43.9 Å². The van der Waals surface area contributed by atoms with Crippen LogP contribution < -0.4 is 5.73 Å². The molecule has 1 saturated heterocycles. The van der Waals surface area contributed by atoms with Crippen molar-refractivity contribution in [2.45, 2.75) is 25.8 Å². The van der Waals surface area contributed by atoms with Crippen LogP contribution in [0.3, 0.4) is 0 Å². The Labute approximate surface area is 107 Å². The second kappa shape index (κ2) is 5.40. The minimum absolute atomic E-state index is 0.0174. The number of rotatable bonds is 2. The van der Waals surface area contributed by atoms with Gasteiger partial charge in [0, 0.05) is 24.7 Å². The topological polar surface area (TPSA) is 66.6 Å². The highest BCUT2D eigenvalue weighted by atomic mass is 16.3. The van der Waals surface area contributed by atoms with Crippen molar-refractivity contribution in [2.75, 3.05) is 13.1 Å². The number of carbonyl (C=O) groups is 1. The molecular formula is C14H20N2O2. The molecule has 0 bridgehead atoms. The summed E-state index contributed by atoms with van der Waals surface area (Å²) in [6, 6.07) is 6.62. The first-order valence-electron chi connectivity index (χ1n) is 6.42. The van der Waals surface area contributed by atoms with E-state index in [9.17, 15) is 9.90 Å². The van der Waals surface area contributed by atoms with Gasteiger partial charge in [-0.2, -0.15) is 0 Å². The number of aromatic hydroxyl groups is 1. The van der Waals surface area contributed by atoms with E-state index in [1.54, 1.807) is 18.2 Å². The molecule has 0 saturated carbocycles. The number of nitrogens with two attached hydrogens (primary N) is 1. The number of piperidine rings is 1. The molecule has 0 spiro atoms. The normalized spacial score (nSPS) is 21.7. The lowest BCUT2D eigenvalue weighted by Crippen LogP contribution is -2.45. The fraction of sp³-hybridized carbons (Fsp3) is 0.500. The van der Waals surface area contributed by atoms with E-state index in [1.807, 2.05) is 11.8 Å². The van der Waals surface area contributed by atoms with Gasteiger partial charge in [0.25, 0.3) is 5.91 Å². The van der Waals surface area contributed by atoms with Gasteiger partial charge in [0.1, 0.15) is 5.75 Å². The van der Waals surface area contributed by atoms with Gasteiger partial charge in [0.05, 0.1) is 0 Å². The highest BCUT2D eigenvalue weighted by molar-refractivity contribution is 5.94. The van der Waals surface area contributed by atoms with Crippen LogP contribution in [0.2, 0.25) is 0 Å². The standard InChI is InChI=1S/C14H20N2O2/c1-10(15)12-5-3-7-16(9-12)14(18)11-4-2-6-13(17)8-11/h2,4,6,8,10,12,17H,3,5,7,9,15H2,1H3. The maximum atomic E-state index is 12.3. The molecule has 2 atom stereocenters. The monoisotopic (exact) mass is 248 g/mol. The lowest BCUT2D eigenvalue weighted by molar-refractivity contribution is 0.0660. The minimum Gasteiger partial charge on any atom is -0.508 e. The van der Waals surface area contributed by atoms with Crippen LogP contribution in [0.15, 0.2) is 24.3 Å². The Kier molecular flexibility index (Phi) is 3.87. The van der Waals surface area contributed by atoms with Gasteiger partial charge in [-0.1, -0.05) is 6.07 Å². The number of phenolic OH excluding ortho intramolecular Hbond substituents is 1. The van der Waals surface area contributed by atoms with E-state index in [-0.39, 0.29) is 17.7 Å². The van der Waals surface area contributed by atoms with Crippen LogP contribution in [0.4, 0.5) is 0 Å². The Morgan fingerprint density at radius 2 is 2.33 bits per heavy atom. The van der Waals surface area contributed by atoms with Crippen molar-refractivity contribution in [3.8, 4) is 5.75 Å². The molecular weight excluding hydrogens is 228 g/mol. The Morgan fingerprint density at radius 1 is 1.56 bits per heavy atom. The lowest BCUT2D eigenvalue weighted by Gasteiger charge is -2.34. The van der Waals surface area contributed by atoms with E-state index < -0.39 is 0 Å². The quantitative estimate of drug-likeness (QED) is 0.835. The summed E-state index contributed by atoms with van der Waals surface area (Å²) in [6.45, 7) is 3.48. The van der Waals surface area contributed by atoms with Crippen LogP contribution in [0.25, 0.3) is 0 Å². The van der Waals surface area contributed by atoms with Crippen LogP contribution in [0.5, 0.6) is 5.75 Å². The molecule has 1 amide bonds. The van der Waals surface area contributed by atoms with E-state index in [4.69, 9.17) is 5.73 Å². The summed E-state index contributed by atoms with van der Waals surface area (Å²) in [7, 11) is 0. The summed E-state index contributed by atoms with van der Waals surface area (Å²) in [4.78, 5) is 14.1. The molecule has 0 radical (unpaired) electrons. The zero-order valence-electron chi connectivity index (χ0n) is 10.7. The fourth-order valence-corrected chi connectivity index (χ4v) is 2.45. The predicted octanol–water partition coefficient (Wildman–Crippen LogP) is 1.59. The average Bonchev–Trinajstić information content (AvgIpc) is 2.38. The Hall–Kier alpha value is -1.55. The van der Waals surface area contributed by atoms with Crippen molar-refractivity contribution in [1.82, 2.24) is 4.90 Å². The largest absolute Gasteiger partial charge is 0.508 e. The van der Waals surface area contributed by atoms with Gasteiger partial charge in [0.15, 0.2) is 0 Å². The van der Waals surface area contributed by atoms with Crippen molar-refractivity contribution in [2.24, 2.45) is 11.7 Å². The molecule has 0 aromatic heterocycles. The number of phenols is 1. The summed E-state index contributed by atoms with van der Waals surface area (Å²) in [6.07, 6.45) is 2.08. The van der Waals surface area contributed by atoms with Crippen molar-refractivity contribution >= 4 is 5.91 Å². The number of amides is 1. The van der Waals surface area contributed by atoms with E-state index in [1.165, 1.54) is 6.07 Å². The molecule has 1 aliphatic heterocycles. The van der Waals surface area contributed by atoms with Gasteiger partial charge < -0.3 is 15.7 Å². The van der Waals surface area contributed by atoms with Gasteiger partial charge in [-0.3, -0.25) is 4.79 Å². The molecule has 0 aliphatic carbocycles. The van der Waals surface area contributed by atoms with Crippen LogP contribution in [0, 0.1) is 5.92 Å². The number of benzene rings is 1. The van der Waals surface area contributed by atoms with E-state index in [0.717, 1.165) is 19.4 Å². The van der Waals surface area contributed by atoms with Gasteiger partial charge in [0.2, 0.25) is 0 Å². The smallest absolute Gasteiger partial charge is 0.253 e. The third-order valence-corrected chi connectivity index (χ3v) is 3.58. The molecule has 3 N–H and O–H groups in total. The van der Waals surface area contributed by atoms with E-state index >= 15 is 0 Å². The fourth-order valence-electron chi connectivity index (χ4n) is 2.45. The second-order valence-corrected chi connectivity index (χ2v) is 5.06. The summed E-state index contributed by atoms with van der Waals surface area (Å²) in [5.74, 6) is 0.484. The molecule has 2 unspecified atom stereocenters. The van der Waals surface area contributed by atoms with Crippen LogP contribution in [-0.2, 0) is 0 Å². The molecule has 2 rings (SSSR count). The highest BCUT2D eigenvalue weighted by Gasteiger charge is 2.26. The molecule has 98 valence electrons. The molecule has 1 fully saturated rings. The Morgan fingerprint density at radius 3 is 3.00 bits per heavy atom. The number of likely N-dealkylation sites (tertiary alicyclic amines) is 1. The highest BCUT2D eigenvalue weighted by Crippen LogP contribution is 2.21. The maximum absolute atomic E-state index is 12.3. The molecule has 4 nitrogen and oxygen atoms in total. The molecule has 1 heterocycles. The minimum atomic E-state index is -0.0174. The zero-order chi connectivity index (χ0) is 13.1. The Bertz CT molecular complexity index is 432. The van der Waals surface area contributed by atoms with E-state index in [0.29, 0.717) is 18.0 Å². The number of hydrogen-bond donors (Lipinski definition) is 2. The third kappa shape index (κ3) is 2.82. The summed E-state index contributed by atoms with van der Waals surface area (Å²) in [5, 5.41) is 9.41. The first-order valence-corrected chi connectivity index (χ1v) is 6.42. The number of hydrogen-bond acceptors (Lipinski definition) is 3. The molecule has 1 aliphatic rings. The first-order chi connectivity index (χ1) is 8.58. The summed E-state index contributed by atoms with van der Waals surface area (Å²) >= 11 is 0. The van der Waals surface area contributed by atoms with Crippen molar-refractivity contribution in [1.29, 1.82) is 0 Å². The summed E-state index contributed by atoms with van der Waals surface area (Å²) < 4.78 is 0. The van der Waals surface area contributed by atoms with Crippen LogP contribution in [0.1, 0.15) is 30.1 Å². The summed E-state index contributed by atoms with van der Waals surface area (Å²) in [5.41, 5.74) is 6.46. The predicted molar refractivity (Wildman–Crippen MR) is 70.4 cm³/mol. The van der Waals surface area contributed by atoms with Gasteiger partial charge in [-0.15, -0.1) is 0 Å². The molecule has 4 heteroatoms. The first kappa shape index (κ1) is 12.9. The molecule has 1 aromatic rings. The third-order valence-electron chi connectivity index (χ3n) is 3.58. The van der Waals surface area contributed by atoms with Crippen LogP contribution >= 0.6 is 0 Å². The molecule has 1 aromatic carbocycles. The van der Waals surface area contributed by atoms with E-state index in [2.05, 4.69) is 0 Å². The van der Waals surface area contributed by atoms with Gasteiger partial charge in [-0.25, -0.2) is 0 Å². The average molecular weight is 248 g/mol. The van der Waals surface area contributed by atoms with Crippen molar-refractivity contribution in [3.63, 3.8) is 0 Å². The van der Waals surface area contributed by atoms with Crippen molar-refractivity contribution in [3.05, 3.63) is 29.8 Å². The second-order valence-electron chi connectivity index (χ2n) is 5.06. The zero-order valence-corrected chi connectivity index (χ0v) is 10.7. The Balaban J connectivity index is 2.09. The number of carbonyl (C=O) groups excluding carboxylic acids is 1. The SMILES string of the molecule is CC(N)C1CCCN(C(=O)c2cccc(O)c2)C1. The lowest BCUT2D eigenvalue weighted by atomic mass is 9.92. The number of nitrogens with zero attached hydrogens (tertiary/aromatic N) is 1. The van der Waals surface area contributed by atoms with Crippen molar-refractivity contribution < 1.29 is 9.90 Å². The van der Waals surface area contributed by atoms with Gasteiger partial charge >= 0.3 is 0 Å². The van der Waals surface area contributed by atoms with Crippen LogP contribution in [-0.4, -0.2) is 35.0 Å².